The Bertz CT molecular complexity index is 1460. The molecule has 0 aromatic heterocycles. The first-order chi connectivity index (χ1) is 27.2. The molecular formula is C40H82Cl8N2P4Si8. The van der Waals surface area contributed by atoms with Crippen molar-refractivity contribution >= 4 is 193 Å². The van der Waals surface area contributed by atoms with Gasteiger partial charge in [0, 0.05) is 64.6 Å². The van der Waals surface area contributed by atoms with Gasteiger partial charge < -0.3 is 0 Å². The van der Waals surface area contributed by atoms with Crippen LogP contribution in [0, 0.1) is 0 Å². The number of hydrogen-bond acceptors (Lipinski definition) is 2. The molecule has 0 spiro atoms. The predicted molar refractivity (Wildman–Crippen MR) is 330 cm³/mol. The summed E-state index contributed by atoms with van der Waals surface area (Å²) < 4.78 is 3.95. The number of halogens is 8. The summed E-state index contributed by atoms with van der Waals surface area (Å²) in [6, 6.07) is 13.8. The molecule has 0 aliphatic carbocycles. The van der Waals surface area contributed by atoms with E-state index in [1.807, 2.05) is 8.88 Å². The lowest BCUT2D eigenvalue weighted by Gasteiger charge is -2.45. The van der Waals surface area contributed by atoms with Crippen molar-refractivity contribution in [1.29, 1.82) is 0 Å². The van der Waals surface area contributed by atoms with E-state index in [0.29, 0.717) is 20.7 Å². The Balaban J connectivity index is 0.000000620. The van der Waals surface area contributed by atoms with E-state index in [9.17, 15) is 0 Å². The number of para-hydroxylation sites is 2. The van der Waals surface area contributed by atoms with E-state index in [-0.39, 0.29) is 0 Å². The summed E-state index contributed by atoms with van der Waals surface area (Å²) in [5.41, 5.74) is 7.89. The van der Waals surface area contributed by atoms with Crippen molar-refractivity contribution in [3.8, 4) is 0 Å². The summed E-state index contributed by atoms with van der Waals surface area (Å²) >= 11 is 53.1. The Labute approximate surface area is 433 Å². The minimum absolute atomic E-state index is 0.549. The second-order valence-corrected chi connectivity index (χ2v) is 84.2. The zero-order valence-corrected chi connectivity index (χ0v) is 60.1. The van der Waals surface area contributed by atoms with Crippen LogP contribution in [0.25, 0.3) is 0 Å². The van der Waals surface area contributed by atoms with E-state index < -0.39 is 91.7 Å². The lowest BCUT2D eigenvalue weighted by Crippen LogP contribution is -2.48. The van der Waals surface area contributed by atoms with Crippen molar-refractivity contribution in [1.82, 2.24) is 0 Å². The summed E-state index contributed by atoms with van der Waals surface area (Å²) in [6.07, 6.45) is 0. The third kappa shape index (κ3) is 17.5. The van der Waals surface area contributed by atoms with Crippen LogP contribution in [-0.2, 0) is 0 Å². The molecule has 0 saturated heterocycles. The summed E-state index contributed by atoms with van der Waals surface area (Å²) in [4.78, 5) is 0. The summed E-state index contributed by atoms with van der Waals surface area (Å²) in [5.74, 6) is 0. The minimum atomic E-state index is -1.56. The number of anilines is 2. The van der Waals surface area contributed by atoms with Crippen molar-refractivity contribution in [3.05, 3.63) is 58.7 Å². The molecule has 2 aromatic carbocycles. The average Bonchev–Trinajstić information content (AvgIpc) is 2.94. The largest absolute Gasteiger partial charge is 0.278 e. The van der Waals surface area contributed by atoms with E-state index in [1.54, 1.807) is 0 Å². The zero-order valence-electron chi connectivity index (χ0n) is 42.5. The molecular weight excluding hydrogens is 1140 g/mol. The number of nitrogens with zero attached hydrogens (tertiary/aromatic N) is 2. The van der Waals surface area contributed by atoms with Gasteiger partial charge >= 0.3 is 0 Å². The van der Waals surface area contributed by atoms with Crippen molar-refractivity contribution in [2.24, 2.45) is 0 Å². The first-order valence-electron chi connectivity index (χ1n) is 21.6. The monoisotopic (exact) mass is 1220 g/mol. The summed E-state index contributed by atoms with van der Waals surface area (Å²) in [5, 5.41) is 2.20. The predicted octanol–water partition coefficient (Wildman–Crippen LogP) is 23.2. The van der Waals surface area contributed by atoms with Gasteiger partial charge in [0.25, 0.3) is 0 Å². The van der Waals surface area contributed by atoms with Crippen LogP contribution in [0.4, 0.5) is 11.4 Å². The summed E-state index contributed by atoms with van der Waals surface area (Å²) in [6.45, 7) is 53.7. The van der Waals surface area contributed by atoms with Gasteiger partial charge in [-0.3, -0.25) is 8.88 Å². The first kappa shape index (κ1) is 63.8. The highest BCUT2D eigenvalue weighted by atomic mass is 35.9. The van der Waals surface area contributed by atoms with Gasteiger partial charge in [-0.1, -0.05) is 283 Å². The maximum Gasteiger partial charge on any atom is 0.192 e. The molecule has 0 radical (unpaired) electrons. The van der Waals surface area contributed by atoms with Crippen LogP contribution in [0.3, 0.4) is 0 Å². The topological polar surface area (TPSA) is 6.48 Å². The normalized spacial score (nSPS) is 14.3. The maximum absolute atomic E-state index is 6.63. The Morgan fingerprint density at radius 1 is 0.290 bits per heavy atom. The third-order valence-electron chi connectivity index (χ3n) is 11.3. The number of benzene rings is 2. The SMILES string of the molecule is C[Si](C)(C)C(c1cccc(C([Si](C)(C)C)[Si](C)(C)C)c1N(P(Cl)Cl)P(Cl)Cl)[Si](C)(C)C.C[Si](C)(C)C(c1cccc(C([Si](C)(C)C)[Si](C)(C)C)c1N(P(Cl)Cl)P(Cl)Cl)[Si](C)(C)C. The average molecular weight is 1220 g/mol. The summed E-state index contributed by atoms with van der Waals surface area (Å²) in [7, 11) is -12.5. The fourth-order valence-electron chi connectivity index (χ4n) is 11.9. The molecule has 0 fully saturated rings. The van der Waals surface area contributed by atoms with Gasteiger partial charge in [0.05, 0.1) is 11.4 Å². The van der Waals surface area contributed by atoms with Crippen LogP contribution < -0.4 is 8.88 Å². The van der Waals surface area contributed by atoms with E-state index in [2.05, 4.69) is 194 Å². The molecule has 62 heavy (non-hydrogen) atoms. The molecule has 2 nitrogen and oxygen atoms in total. The van der Waals surface area contributed by atoms with Crippen molar-refractivity contribution in [2.75, 3.05) is 8.88 Å². The van der Waals surface area contributed by atoms with Gasteiger partial charge in [-0.15, -0.1) is 0 Å². The van der Waals surface area contributed by atoms with Crippen LogP contribution in [-0.4, -0.2) is 64.6 Å². The van der Waals surface area contributed by atoms with Gasteiger partial charge in [-0.2, -0.15) is 0 Å². The molecule has 0 atom stereocenters. The highest BCUT2D eigenvalue weighted by molar-refractivity contribution is 8.18. The molecule has 0 heterocycles. The van der Waals surface area contributed by atoms with Crippen molar-refractivity contribution in [2.45, 2.75) is 178 Å². The van der Waals surface area contributed by atoms with Crippen molar-refractivity contribution in [3.63, 3.8) is 0 Å². The molecule has 2 aromatic rings. The molecule has 0 unspecified atom stereocenters. The lowest BCUT2D eigenvalue weighted by atomic mass is 10.1. The molecule has 22 heteroatoms. The lowest BCUT2D eigenvalue weighted by molar-refractivity contribution is 1.12. The van der Waals surface area contributed by atoms with Crippen LogP contribution in [0.5, 0.6) is 0 Å². The van der Waals surface area contributed by atoms with Gasteiger partial charge in [0.2, 0.25) is 0 Å². The molecule has 0 amide bonds. The fourth-order valence-corrected chi connectivity index (χ4v) is 74.3. The maximum atomic E-state index is 6.63. The van der Waals surface area contributed by atoms with Gasteiger partial charge in [-0.05, 0) is 42.9 Å². The quantitative estimate of drug-likeness (QED) is 0.108. The van der Waals surface area contributed by atoms with Crippen LogP contribution in [0.2, 0.25) is 157 Å². The van der Waals surface area contributed by atoms with Crippen LogP contribution in [0.15, 0.2) is 36.4 Å². The number of rotatable bonds is 18. The highest BCUT2D eigenvalue weighted by Gasteiger charge is 2.48. The van der Waals surface area contributed by atoms with E-state index in [4.69, 9.17) is 89.9 Å². The van der Waals surface area contributed by atoms with Crippen molar-refractivity contribution < 1.29 is 0 Å². The van der Waals surface area contributed by atoms with E-state index >= 15 is 0 Å². The fraction of sp³-hybridized carbons (Fsp3) is 0.700. The smallest absolute Gasteiger partial charge is 0.192 e. The van der Waals surface area contributed by atoms with Gasteiger partial charge in [-0.25, -0.2) is 0 Å². The molecule has 0 N–H and O–H groups in total. The van der Waals surface area contributed by atoms with E-state index in [1.165, 1.54) is 33.6 Å². The minimum Gasteiger partial charge on any atom is -0.278 e. The molecule has 0 saturated carbocycles. The van der Waals surface area contributed by atoms with Gasteiger partial charge in [0.1, 0.15) is 0 Å². The van der Waals surface area contributed by atoms with Gasteiger partial charge in [0.15, 0.2) is 27.1 Å². The van der Waals surface area contributed by atoms with E-state index in [0.717, 1.165) is 0 Å². The Morgan fingerprint density at radius 2 is 0.419 bits per heavy atom. The molecule has 0 aliphatic rings. The highest BCUT2D eigenvalue weighted by Crippen LogP contribution is 2.72. The molecule has 360 valence electrons. The molecule has 2 rings (SSSR count). The third-order valence-corrected chi connectivity index (χ3v) is 58.7. The second kappa shape index (κ2) is 23.6. The first-order valence-corrected chi connectivity index (χ1v) is 62.6. The molecule has 0 aliphatic heterocycles. The van der Waals surface area contributed by atoms with Crippen LogP contribution >= 0.6 is 117 Å². The Hall–Kier alpha value is 3.82. The Morgan fingerprint density at radius 3 is 0.516 bits per heavy atom. The zero-order chi connectivity index (χ0) is 49.5. The van der Waals surface area contributed by atoms with Crippen LogP contribution in [0.1, 0.15) is 42.9 Å². The number of hydrogen-bond donors (Lipinski definition) is 0. The standard InChI is InChI=1S/2C20H41Cl4NP2Si4/c2*1-28(2,3)19(29(4,5)6)16-14-13-15-17(18(16)25(26(21)22)27(23)24)20(30(7,8)9)31(10,11)12/h2*13-15,19-20H,1-12H3. The Kier molecular flexibility index (Phi) is 24.3. The second-order valence-electron chi connectivity index (χ2n) is 25.7. The molecule has 0 bridgehead atoms.